The van der Waals surface area contributed by atoms with E-state index in [2.05, 4.69) is 15.2 Å². The third-order valence-electron chi connectivity index (χ3n) is 5.63. The lowest BCUT2D eigenvalue weighted by Gasteiger charge is -2.15. The monoisotopic (exact) mass is 442 g/mol. The van der Waals surface area contributed by atoms with Crippen molar-refractivity contribution in [3.05, 3.63) is 51.6 Å². The van der Waals surface area contributed by atoms with Gasteiger partial charge in [-0.15, -0.1) is 11.3 Å². The van der Waals surface area contributed by atoms with Gasteiger partial charge in [-0.2, -0.15) is 0 Å². The SMILES string of the molecule is O=C(NC1CC1)c1cc2ncn(-c3ccc(OCCN4CCCC4)c(F)c3)c(=O)c2s1. The minimum absolute atomic E-state index is 0.167. The Kier molecular flexibility index (Phi) is 5.45. The molecule has 1 aromatic carbocycles. The third kappa shape index (κ3) is 4.33. The Bertz CT molecular complexity index is 1180. The highest BCUT2D eigenvalue weighted by atomic mass is 32.1. The van der Waals surface area contributed by atoms with Gasteiger partial charge in [0.05, 0.1) is 16.1 Å². The topological polar surface area (TPSA) is 76.5 Å². The van der Waals surface area contributed by atoms with Crippen molar-refractivity contribution >= 4 is 27.5 Å². The predicted molar refractivity (Wildman–Crippen MR) is 117 cm³/mol. The molecule has 7 nitrogen and oxygen atoms in total. The summed E-state index contributed by atoms with van der Waals surface area (Å²) in [7, 11) is 0. The van der Waals surface area contributed by atoms with Gasteiger partial charge in [0.25, 0.3) is 11.5 Å². The van der Waals surface area contributed by atoms with E-state index in [0.29, 0.717) is 27.4 Å². The van der Waals surface area contributed by atoms with Crippen molar-refractivity contribution in [3.63, 3.8) is 0 Å². The van der Waals surface area contributed by atoms with E-state index in [9.17, 15) is 14.0 Å². The first-order chi connectivity index (χ1) is 15.1. The number of aromatic nitrogens is 2. The second-order valence-electron chi connectivity index (χ2n) is 8.00. The van der Waals surface area contributed by atoms with Crippen LogP contribution < -0.4 is 15.6 Å². The number of hydrogen-bond acceptors (Lipinski definition) is 6. The predicted octanol–water partition coefficient (Wildman–Crippen LogP) is 2.95. The molecule has 3 aromatic rings. The lowest BCUT2D eigenvalue weighted by molar-refractivity contribution is 0.0955. The molecule has 0 radical (unpaired) electrons. The van der Waals surface area contributed by atoms with E-state index in [1.54, 1.807) is 12.1 Å². The Morgan fingerprint density at radius 3 is 2.81 bits per heavy atom. The van der Waals surface area contributed by atoms with Crippen LogP contribution >= 0.6 is 11.3 Å². The average Bonchev–Trinajstić information content (AvgIpc) is 3.24. The molecular formula is C22H23FN4O3S. The van der Waals surface area contributed by atoms with Crippen molar-refractivity contribution in [2.45, 2.75) is 31.7 Å². The number of halogens is 1. The van der Waals surface area contributed by atoms with Crippen LogP contribution in [0.5, 0.6) is 5.75 Å². The van der Waals surface area contributed by atoms with Gasteiger partial charge in [-0.3, -0.25) is 19.1 Å². The van der Waals surface area contributed by atoms with Crippen LogP contribution in [-0.2, 0) is 0 Å². The van der Waals surface area contributed by atoms with Crippen molar-refractivity contribution in [2.24, 2.45) is 0 Å². The van der Waals surface area contributed by atoms with Gasteiger partial charge in [0.15, 0.2) is 11.6 Å². The maximum absolute atomic E-state index is 14.6. The summed E-state index contributed by atoms with van der Waals surface area (Å²) in [5.74, 6) is -0.542. The summed E-state index contributed by atoms with van der Waals surface area (Å²) in [6.07, 6.45) is 5.75. The van der Waals surface area contributed by atoms with Gasteiger partial charge < -0.3 is 10.1 Å². The molecule has 1 aliphatic heterocycles. The number of ether oxygens (including phenoxy) is 1. The molecule has 2 fully saturated rings. The van der Waals surface area contributed by atoms with Crippen LogP contribution in [-0.4, -0.2) is 52.6 Å². The van der Waals surface area contributed by atoms with Crippen molar-refractivity contribution in [1.29, 1.82) is 0 Å². The van der Waals surface area contributed by atoms with Gasteiger partial charge in [0.1, 0.15) is 17.6 Å². The number of rotatable bonds is 7. The van der Waals surface area contributed by atoms with Gasteiger partial charge in [0.2, 0.25) is 0 Å². The van der Waals surface area contributed by atoms with Crippen LogP contribution in [0.15, 0.2) is 35.4 Å². The minimum Gasteiger partial charge on any atom is -0.489 e. The number of hydrogen-bond donors (Lipinski definition) is 1. The van der Waals surface area contributed by atoms with Crippen LogP contribution in [0.4, 0.5) is 4.39 Å². The molecule has 2 aliphatic rings. The maximum atomic E-state index is 14.6. The highest BCUT2D eigenvalue weighted by Crippen LogP contribution is 2.25. The van der Waals surface area contributed by atoms with Crippen LogP contribution in [0.3, 0.4) is 0 Å². The van der Waals surface area contributed by atoms with E-state index < -0.39 is 5.82 Å². The van der Waals surface area contributed by atoms with Crippen molar-refractivity contribution in [3.8, 4) is 11.4 Å². The lowest BCUT2D eigenvalue weighted by Crippen LogP contribution is -2.25. The van der Waals surface area contributed by atoms with Gasteiger partial charge in [-0.25, -0.2) is 9.37 Å². The van der Waals surface area contributed by atoms with Gasteiger partial charge in [0, 0.05) is 18.7 Å². The number of amides is 1. The average molecular weight is 443 g/mol. The molecule has 1 saturated carbocycles. The Hall–Kier alpha value is -2.78. The highest BCUT2D eigenvalue weighted by molar-refractivity contribution is 7.20. The molecule has 162 valence electrons. The summed E-state index contributed by atoms with van der Waals surface area (Å²) in [6, 6.07) is 6.31. The fraction of sp³-hybridized carbons (Fsp3) is 0.409. The number of carbonyl (C=O) groups excluding carboxylic acids is 1. The molecule has 9 heteroatoms. The quantitative estimate of drug-likeness (QED) is 0.609. The van der Waals surface area contributed by atoms with Crippen molar-refractivity contribution < 1.29 is 13.9 Å². The first-order valence-corrected chi connectivity index (χ1v) is 11.4. The summed E-state index contributed by atoms with van der Waals surface area (Å²) in [5, 5.41) is 2.91. The van der Waals surface area contributed by atoms with E-state index in [0.717, 1.165) is 43.8 Å². The number of fused-ring (bicyclic) bond motifs is 1. The van der Waals surface area contributed by atoms with Crippen molar-refractivity contribution in [1.82, 2.24) is 19.8 Å². The maximum Gasteiger partial charge on any atom is 0.275 e. The Balaban J connectivity index is 1.34. The molecule has 2 aromatic heterocycles. The third-order valence-corrected chi connectivity index (χ3v) is 6.74. The van der Waals surface area contributed by atoms with Crippen LogP contribution in [0.2, 0.25) is 0 Å². The molecule has 0 unspecified atom stereocenters. The van der Waals surface area contributed by atoms with Crippen LogP contribution in [0, 0.1) is 5.82 Å². The number of nitrogens with one attached hydrogen (secondary N) is 1. The molecular weight excluding hydrogens is 419 g/mol. The molecule has 5 rings (SSSR count). The zero-order chi connectivity index (χ0) is 21.4. The van der Waals surface area contributed by atoms with Crippen LogP contribution in [0.1, 0.15) is 35.4 Å². The second-order valence-corrected chi connectivity index (χ2v) is 9.06. The molecule has 0 bridgehead atoms. The van der Waals surface area contributed by atoms with E-state index in [1.165, 1.54) is 35.9 Å². The molecule has 0 atom stereocenters. The number of carbonyl (C=O) groups is 1. The number of likely N-dealkylation sites (tertiary alicyclic amines) is 1. The standard InChI is InChI=1S/C22H23FN4O3S/c23-16-11-15(5-6-18(16)30-10-9-26-7-1-2-8-26)27-13-24-17-12-19(31-20(17)22(27)29)21(28)25-14-3-4-14/h5-6,11-14H,1-4,7-10H2,(H,25,28). The van der Waals surface area contributed by atoms with E-state index >= 15 is 0 Å². The van der Waals surface area contributed by atoms with E-state index in [1.807, 2.05) is 0 Å². The first-order valence-electron chi connectivity index (χ1n) is 10.6. The van der Waals surface area contributed by atoms with E-state index in [4.69, 9.17) is 4.74 Å². The van der Waals surface area contributed by atoms with Gasteiger partial charge >= 0.3 is 0 Å². The highest BCUT2D eigenvalue weighted by Gasteiger charge is 2.25. The van der Waals surface area contributed by atoms with Gasteiger partial charge in [-0.05, 0) is 57.0 Å². The summed E-state index contributed by atoms with van der Waals surface area (Å²) in [4.78, 5) is 32.3. The molecule has 0 spiro atoms. The largest absolute Gasteiger partial charge is 0.489 e. The number of benzene rings is 1. The minimum atomic E-state index is -0.526. The summed E-state index contributed by atoms with van der Waals surface area (Å²) >= 11 is 1.11. The Morgan fingerprint density at radius 2 is 2.06 bits per heavy atom. The first kappa shape index (κ1) is 20.1. The Labute approximate surface area is 182 Å². The molecule has 1 amide bonds. The summed E-state index contributed by atoms with van der Waals surface area (Å²) in [5.41, 5.74) is 0.498. The number of thiophene rings is 1. The summed E-state index contributed by atoms with van der Waals surface area (Å²) < 4.78 is 21.8. The zero-order valence-corrected chi connectivity index (χ0v) is 17.8. The normalized spacial score (nSPS) is 16.7. The molecule has 1 aliphatic carbocycles. The smallest absolute Gasteiger partial charge is 0.275 e. The lowest BCUT2D eigenvalue weighted by atomic mass is 10.3. The number of nitrogens with zero attached hydrogens (tertiary/aromatic N) is 3. The zero-order valence-electron chi connectivity index (χ0n) is 17.0. The Morgan fingerprint density at radius 1 is 1.26 bits per heavy atom. The second kappa shape index (κ2) is 8.39. The van der Waals surface area contributed by atoms with E-state index in [-0.39, 0.29) is 23.3 Å². The van der Waals surface area contributed by atoms with Crippen molar-refractivity contribution in [2.75, 3.05) is 26.2 Å². The fourth-order valence-electron chi connectivity index (χ4n) is 3.74. The summed E-state index contributed by atoms with van der Waals surface area (Å²) in [6.45, 7) is 3.33. The molecule has 1 N–H and O–H groups in total. The van der Waals surface area contributed by atoms with Crippen LogP contribution in [0.25, 0.3) is 15.9 Å². The van der Waals surface area contributed by atoms with Gasteiger partial charge in [-0.1, -0.05) is 0 Å². The molecule has 3 heterocycles. The molecule has 31 heavy (non-hydrogen) atoms. The fourth-order valence-corrected chi connectivity index (χ4v) is 4.68. The molecule has 1 saturated heterocycles.